The van der Waals surface area contributed by atoms with E-state index in [1.807, 2.05) is 22.9 Å². The predicted octanol–water partition coefficient (Wildman–Crippen LogP) is 2.17. The third kappa shape index (κ3) is 4.80. The lowest BCUT2D eigenvalue weighted by molar-refractivity contribution is 0.598. The molecule has 3 aromatic rings. The highest BCUT2D eigenvalue weighted by molar-refractivity contribution is 7.89. The van der Waals surface area contributed by atoms with Gasteiger partial charge in [-0.2, -0.15) is 0 Å². The predicted molar refractivity (Wildman–Crippen MR) is 96.2 cm³/mol. The minimum absolute atomic E-state index is 0.0836. The maximum atomic E-state index is 11.2. The van der Waals surface area contributed by atoms with Crippen LogP contribution in [0.15, 0.2) is 72.1 Å². The van der Waals surface area contributed by atoms with Crippen molar-refractivity contribution in [1.82, 2.24) is 9.55 Å². The van der Waals surface area contributed by atoms with Gasteiger partial charge in [0.1, 0.15) is 0 Å². The van der Waals surface area contributed by atoms with Crippen molar-refractivity contribution in [2.45, 2.75) is 17.9 Å². The van der Waals surface area contributed by atoms with Crippen molar-refractivity contribution in [3.05, 3.63) is 83.9 Å². The van der Waals surface area contributed by atoms with E-state index < -0.39 is 10.0 Å². The molecule has 5 nitrogen and oxygen atoms in total. The molecule has 0 aliphatic carbocycles. The standard InChI is InChI=1S/C19H17N3O2S/c20-25(23,24)19-9-7-17(8-10-19)2-1-16-3-5-18(6-4-16)11-13-22-14-12-21-15-22/h3-10,12,14-15H,11,13H2,(H2,20,23,24). The molecule has 2 aromatic carbocycles. The average Bonchev–Trinajstić information content (AvgIpc) is 3.12. The van der Waals surface area contributed by atoms with Crippen LogP contribution in [0.5, 0.6) is 0 Å². The summed E-state index contributed by atoms with van der Waals surface area (Å²) >= 11 is 0. The van der Waals surface area contributed by atoms with E-state index in [0.717, 1.165) is 24.1 Å². The first-order valence-corrected chi connectivity index (χ1v) is 9.25. The molecule has 1 heterocycles. The fourth-order valence-corrected chi connectivity index (χ4v) is 2.82. The zero-order chi connectivity index (χ0) is 17.7. The summed E-state index contributed by atoms with van der Waals surface area (Å²) in [6.45, 7) is 0.890. The van der Waals surface area contributed by atoms with Crippen LogP contribution in [0.25, 0.3) is 0 Å². The van der Waals surface area contributed by atoms with Crippen molar-refractivity contribution in [2.75, 3.05) is 0 Å². The van der Waals surface area contributed by atoms with Gasteiger partial charge in [0.15, 0.2) is 0 Å². The smallest absolute Gasteiger partial charge is 0.238 e. The molecule has 0 spiro atoms. The number of hydrogen-bond donors (Lipinski definition) is 1. The van der Waals surface area contributed by atoms with Crippen molar-refractivity contribution in [2.24, 2.45) is 5.14 Å². The maximum Gasteiger partial charge on any atom is 0.238 e. The molecule has 6 heteroatoms. The van der Waals surface area contributed by atoms with Crippen LogP contribution in [0, 0.1) is 11.8 Å². The Morgan fingerprint density at radius 3 is 2.08 bits per heavy atom. The van der Waals surface area contributed by atoms with E-state index >= 15 is 0 Å². The van der Waals surface area contributed by atoms with Gasteiger partial charge < -0.3 is 4.57 Å². The van der Waals surface area contributed by atoms with E-state index in [9.17, 15) is 8.42 Å². The normalized spacial score (nSPS) is 10.9. The van der Waals surface area contributed by atoms with Gasteiger partial charge >= 0.3 is 0 Å². The van der Waals surface area contributed by atoms with Gasteiger partial charge in [0.05, 0.1) is 11.2 Å². The highest BCUT2D eigenvalue weighted by Gasteiger charge is 2.05. The van der Waals surface area contributed by atoms with E-state index in [1.54, 1.807) is 24.7 Å². The monoisotopic (exact) mass is 351 g/mol. The molecular weight excluding hydrogens is 334 g/mol. The number of nitrogens with zero attached hydrogens (tertiary/aromatic N) is 2. The molecule has 25 heavy (non-hydrogen) atoms. The topological polar surface area (TPSA) is 78.0 Å². The molecule has 0 saturated carbocycles. The number of hydrogen-bond acceptors (Lipinski definition) is 3. The summed E-state index contributed by atoms with van der Waals surface area (Å²) in [5.41, 5.74) is 2.87. The molecular formula is C19H17N3O2S. The Labute approximate surface area is 147 Å². The third-order valence-corrected chi connectivity index (χ3v) is 4.64. The van der Waals surface area contributed by atoms with Crippen molar-refractivity contribution in [3.63, 3.8) is 0 Å². The molecule has 0 aliphatic heterocycles. The van der Waals surface area contributed by atoms with Crippen LogP contribution in [0.1, 0.15) is 16.7 Å². The van der Waals surface area contributed by atoms with Gasteiger partial charge in [-0.25, -0.2) is 18.5 Å². The number of aryl methyl sites for hydroxylation is 2. The molecule has 0 unspecified atom stereocenters. The van der Waals surface area contributed by atoms with Crippen molar-refractivity contribution < 1.29 is 8.42 Å². The van der Waals surface area contributed by atoms with Crippen LogP contribution >= 0.6 is 0 Å². The average molecular weight is 351 g/mol. The number of rotatable bonds is 4. The van der Waals surface area contributed by atoms with Crippen LogP contribution in [0.3, 0.4) is 0 Å². The molecule has 0 saturated heterocycles. The molecule has 0 amide bonds. The maximum absolute atomic E-state index is 11.2. The second kappa shape index (κ2) is 7.34. The minimum Gasteiger partial charge on any atom is -0.337 e. The zero-order valence-corrected chi connectivity index (χ0v) is 14.3. The molecule has 0 atom stereocenters. The minimum atomic E-state index is -3.67. The third-order valence-electron chi connectivity index (χ3n) is 3.71. The van der Waals surface area contributed by atoms with Crippen LogP contribution in [0.2, 0.25) is 0 Å². The number of primary sulfonamides is 1. The molecule has 1 aromatic heterocycles. The zero-order valence-electron chi connectivity index (χ0n) is 13.5. The molecule has 0 radical (unpaired) electrons. The van der Waals surface area contributed by atoms with Crippen LogP contribution in [0.4, 0.5) is 0 Å². The van der Waals surface area contributed by atoms with Crippen LogP contribution < -0.4 is 5.14 Å². The van der Waals surface area contributed by atoms with Gasteiger partial charge in [-0.15, -0.1) is 0 Å². The first-order chi connectivity index (χ1) is 12.0. The number of benzene rings is 2. The Hall–Kier alpha value is -2.88. The van der Waals surface area contributed by atoms with Gasteiger partial charge in [0.25, 0.3) is 0 Å². The molecule has 2 N–H and O–H groups in total. The van der Waals surface area contributed by atoms with Crippen LogP contribution in [-0.4, -0.2) is 18.0 Å². The van der Waals surface area contributed by atoms with Crippen molar-refractivity contribution >= 4 is 10.0 Å². The molecule has 0 aliphatic rings. The Morgan fingerprint density at radius 1 is 0.960 bits per heavy atom. The molecule has 0 fully saturated rings. The summed E-state index contributed by atoms with van der Waals surface area (Å²) < 4.78 is 24.5. The lowest BCUT2D eigenvalue weighted by Crippen LogP contribution is -2.11. The molecule has 3 rings (SSSR count). The highest BCUT2D eigenvalue weighted by Crippen LogP contribution is 2.09. The largest absolute Gasteiger partial charge is 0.337 e. The van der Waals surface area contributed by atoms with Gasteiger partial charge in [0, 0.05) is 30.1 Å². The summed E-state index contributed by atoms with van der Waals surface area (Å²) in [5, 5.41) is 5.07. The second-order valence-corrected chi connectivity index (χ2v) is 7.13. The molecule has 0 bridgehead atoms. The Balaban J connectivity index is 1.64. The van der Waals surface area contributed by atoms with E-state index in [2.05, 4.69) is 29.0 Å². The van der Waals surface area contributed by atoms with Gasteiger partial charge in [-0.1, -0.05) is 24.0 Å². The fourth-order valence-electron chi connectivity index (χ4n) is 2.30. The Bertz CT molecular complexity index is 995. The highest BCUT2D eigenvalue weighted by atomic mass is 32.2. The lowest BCUT2D eigenvalue weighted by atomic mass is 10.1. The number of imidazole rings is 1. The summed E-state index contributed by atoms with van der Waals surface area (Å²) in [6, 6.07) is 14.3. The molecule has 126 valence electrons. The fraction of sp³-hybridized carbons (Fsp3) is 0.105. The van der Waals surface area contributed by atoms with Crippen molar-refractivity contribution in [1.29, 1.82) is 0 Å². The van der Waals surface area contributed by atoms with Gasteiger partial charge in [0.2, 0.25) is 10.0 Å². The van der Waals surface area contributed by atoms with Gasteiger partial charge in [-0.05, 0) is 48.4 Å². The number of aromatic nitrogens is 2. The van der Waals surface area contributed by atoms with E-state index in [-0.39, 0.29) is 4.90 Å². The summed E-state index contributed by atoms with van der Waals surface area (Å²) in [7, 11) is -3.67. The summed E-state index contributed by atoms with van der Waals surface area (Å²) in [6.07, 6.45) is 6.45. The number of nitrogens with two attached hydrogens (primary N) is 1. The van der Waals surface area contributed by atoms with E-state index in [0.29, 0.717) is 0 Å². The lowest BCUT2D eigenvalue weighted by Gasteiger charge is -2.02. The Kier molecular flexibility index (Phi) is 4.98. The first kappa shape index (κ1) is 17.0. The first-order valence-electron chi connectivity index (χ1n) is 7.70. The Morgan fingerprint density at radius 2 is 1.56 bits per heavy atom. The van der Waals surface area contributed by atoms with Gasteiger partial charge in [-0.3, -0.25) is 0 Å². The SMILES string of the molecule is NS(=O)(=O)c1ccc(C#Cc2ccc(CCn3ccnc3)cc2)cc1. The summed E-state index contributed by atoms with van der Waals surface area (Å²) in [4.78, 5) is 4.11. The van der Waals surface area contributed by atoms with E-state index in [4.69, 9.17) is 5.14 Å². The quantitative estimate of drug-likeness (QED) is 0.732. The summed E-state index contributed by atoms with van der Waals surface area (Å²) in [5.74, 6) is 6.09. The van der Waals surface area contributed by atoms with Crippen LogP contribution in [-0.2, 0) is 23.0 Å². The van der Waals surface area contributed by atoms with E-state index in [1.165, 1.54) is 17.7 Å². The van der Waals surface area contributed by atoms with Crippen molar-refractivity contribution in [3.8, 4) is 11.8 Å². The second-order valence-electron chi connectivity index (χ2n) is 5.57. The number of sulfonamides is 1.